The first-order chi connectivity index (χ1) is 12.5. The van der Waals surface area contributed by atoms with Crippen LogP contribution in [0.5, 0.6) is 0 Å². The summed E-state index contributed by atoms with van der Waals surface area (Å²) in [5.41, 5.74) is -0.123. The standard InChI is InChI=1S/C22H14F4/c1-2-3-4-19-20(24)13-17(21(25)22(19)26)8-6-14-5-7-16-12-18(23)10-9-15(16)11-14/h2,5,7,9-13H,1,3-4H2. The normalized spacial score (nSPS) is 10.5. The lowest BCUT2D eigenvalue weighted by Crippen LogP contribution is -2.02. The number of halogens is 4. The fourth-order valence-corrected chi connectivity index (χ4v) is 2.63. The number of hydrogen-bond donors (Lipinski definition) is 0. The van der Waals surface area contributed by atoms with Gasteiger partial charge in [0.2, 0.25) is 0 Å². The topological polar surface area (TPSA) is 0 Å². The van der Waals surface area contributed by atoms with Crippen LogP contribution in [0, 0.1) is 35.1 Å². The third-order valence-corrected chi connectivity index (χ3v) is 4.00. The van der Waals surface area contributed by atoms with E-state index < -0.39 is 17.5 Å². The number of rotatable bonds is 3. The Morgan fingerprint density at radius 3 is 2.35 bits per heavy atom. The van der Waals surface area contributed by atoms with Gasteiger partial charge < -0.3 is 0 Å². The molecule has 0 fully saturated rings. The van der Waals surface area contributed by atoms with Crippen LogP contribution >= 0.6 is 0 Å². The van der Waals surface area contributed by atoms with Crippen LogP contribution in [-0.4, -0.2) is 0 Å². The second-order valence-electron chi connectivity index (χ2n) is 5.80. The predicted octanol–water partition coefficient (Wildman–Crippen LogP) is 5.91. The summed E-state index contributed by atoms with van der Waals surface area (Å²) in [5.74, 6) is 1.60. The highest BCUT2D eigenvalue weighted by Gasteiger charge is 2.17. The van der Waals surface area contributed by atoms with Crippen molar-refractivity contribution in [2.24, 2.45) is 0 Å². The first-order valence-electron chi connectivity index (χ1n) is 7.98. The molecule has 0 nitrogen and oxygen atoms in total. The molecule has 130 valence electrons. The highest BCUT2D eigenvalue weighted by atomic mass is 19.2. The Hall–Kier alpha value is -3.06. The lowest BCUT2D eigenvalue weighted by Gasteiger charge is -2.06. The molecule has 0 spiro atoms. The largest absolute Gasteiger partial charge is 0.207 e. The molecule has 0 bridgehead atoms. The van der Waals surface area contributed by atoms with E-state index in [9.17, 15) is 17.6 Å². The zero-order valence-corrected chi connectivity index (χ0v) is 13.8. The van der Waals surface area contributed by atoms with E-state index in [0.29, 0.717) is 17.4 Å². The molecule has 0 atom stereocenters. The molecule has 0 amide bonds. The Bertz CT molecular complexity index is 1060. The molecule has 0 unspecified atom stereocenters. The summed E-state index contributed by atoms with van der Waals surface area (Å²) in [6.45, 7) is 3.48. The Morgan fingerprint density at radius 2 is 1.58 bits per heavy atom. The zero-order valence-electron chi connectivity index (χ0n) is 13.8. The number of allylic oxidation sites excluding steroid dienone is 1. The van der Waals surface area contributed by atoms with Gasteiger partial charge in [0.15, 0.2) is 11.6 Å². The Balaban J connectivity index is 1.97. The SMILES string of the molecule is C=CCCc1c(F)cc(C#Cc2ccc3cc(F)ccc3c2)c(F)c1F. The van der Waals surface area contributed by atoms with Crippen LogP contribution in [0.2, 0.25) is 0 Å². The molecule has 0 aromatic heterocycles. The maximum Gasteiger partial charge on any atom is 0.174 e. The molecule has 26 heavy (non-hydrogen) atoms. The summed E-state index contributed by atoms with van der Waals surface area (Å²) in [4.78, 5) is 0. The fourth-order valence-electron chi connectivity index (χ4n) is 2.63. The van der Waals surface area contributed by atoms with Gasteiger partial charge in [-0.3, -0.25) is 0 Å². The van der Waals surface area contributed by atoms with E-state index in [0.717, 1.165) is 11.5 Å². The molecule has 0 heterocycles. The van der Waals surface area contributed by atoms with Gasteiger partial charge in [0.1, 0.15) is 11.6 Å². The average molecular weight is 354 g/mol. The molecule has 0 N–H and O–H groups in total. The Morgan fingerprint density at radius 1 is 0.846 bits per heavy atom. The van der Waals surface area contributed by atoms with E-state index in [1.54, 1.807) is 24.3 Å². The van der Waals surface area contributed by atoms with Crippen molar-refractivity contribution >= 4 is 10.8 Å². The van der Waals surface area contributed by atoms with Gasteiger partial charge in [0, 0.05) is 11.1 Å². The van der Waals surface area contributed by atoms with Crippen LogP contribution in [0.1, 0.15) is 23.1 Å². The van der Waals surface area contributed by atoms with Gasteiger partial charge in [-0.25, -0.2) is 17.6 Å². The zero-order chi connectivity index (χ0) is 18.7. The summed E-state index contributed by atoms with van der Waals surface area (Å²) in [7, 11) is 0. The lowest BCUT2D eigenvalue weighted by molar-refractivity contribution is 0.477. The Labute approximate surface area is 148 Å². The molecule has 3 rings (SSSR count). The van der Waals surface area contributed by atoms with Gasteiger partial charge in [-0.1, -0.05) is 30.0 Å². The summed E-state index contributed by atoms with van der Waals surface area (Å²) in [6, 6.07) is 10.2. The smallest absolute Gasteiger partial charge is 0.174 e. The summed E-state index contributed by atoms with van der Waals surface area (Å²) in [5, 5.41) is 1.46. The van der Waals surface area contributed by atoms with E-state index in [-0.39, 0.29) is 23.4 Å². The van der Waals surface area contributed by atoms with Crippen molar-refractivity contribution in [3.63, 3.8) is 0 Å². The maximum absolute atomic E-state index is 14.2. The minimum Gasteiger partial charge on any atom is -0.207 e. The van der Waals surface area contributed by atoms with Gasteiger partial charge >= 0.3 is 0 Å². The molecule has 0 aliphatic heterocycles. The summed E-state index contributed by atoms with van der Waals surface area (Å²) in [6.07, 6.45) is 1.89. The molecule has 4 heteroatoms. The molecular formula is C22H14F4. The van der Waals surface area contributed by atoms with Crippen LogP contribution in [-0.2, 0) is 6.42 Å². The Kier molecular flexibility index (Phi) is 5.09. The lowest BCUT2D eigenvalue weighted by atomic mass is 10.0. The predicted molar refractivity (Wildman–Crippen MR) is 94.7 cm³/mol. The maximum atomic E-state index is 14.2. The summed E-state index contributed by atoms with van der Waals surface area (Å²) < 4.78 is 55.5. The monoisotopic (exact) mass is 354 g/mol. The van der Waals surface area contributed by atoms with Gasteiger partial charge in [-0.15, -0.1) is 6.58 Å². The second-order valence-corrected chi connectivity index (χ2v) is 5.80. The van der Waals surface area contributed by atoms with E-state index >= 15 is 0 Å². The van der Waals surface area contributed by atoms with Gasteiger partial charge in [-0.05, 0) is 53.9 Å². The molecule has 0 saturated heterocycles. The average Bonchev–Trinajstić information content (AvgIpc) is 2.63. The van der Waals surface area contributed by atoms with Crippen molar-refractivity contribution in [2.75, 3.05) is 0 Å². The highest BCUT2D eigenvalue weighted by molar-refractivity contribution is 5.83. The molecule has 3 aromatic carbocycles. The molecule has 0 saturated carbocycles. The molecular weight excluding hydrogens is 340 g/mol. The van der Waals surface area contributed by atoms with Crippen LogP contribution in [0.3, 0.4) is 0 Å². The van der Waals surface area contributed by atoms with E-state index in [1.165, 1.54) is 18.2 Å². The van der Waals surface area contributed by atoms with Crippen LogP contribution in [0.4, 0.5) is 17.6 Å². The van der Waals surface area contributed by atoms with E-state index in [4.69, 9.17) is 0 Å². The quantitative estimate of drug-likeness (QED) is 0.237. The number of benzene rings is 3. The van der Waals surface area contributed by atoms with Crippen molar-refractivity contribution < 1.29 is 17.6 Å². The highest BCUT2D eigenvalue weighted by Crippen LogP contribution is 2.22. The first-order valence-corrected chi connectivity index (χ1v) is 7.98. The van der Waals surface area contributed by atoms with Crippen molar-refractivity contribution in [1.29, 1.82) is 0 Å². The fraction of sp³-hybridized carbons (Fsp3) is 0.0909. The van der Waals surface area contributed by atoms with E-state index in [2.05, 4.69) is 18.4 Å². The third-order valence-electron chi connectivity index (χ3n) is 4.00. The van der Waals surface area contributed by atoms with Crippen LogP contribution in [0.25, 0.3) is 10.8 Å². The molecule has 0 radical (unpaired) electrons. The van der Waals surface area contributed by atoms with Crippen molar-refractivity contribution in [3.8, 4) is 11.8 Å². The van der Waals surface area contributed by atoms with E-state index in [1.807, 2.05) is 0 Å². The van der Waals surface area contributed by atoms with Gasteiger partial charge in [0.05, 0.1) is 5.56 Å². The summed E-state index contributed by atoms with van der Waals surface area (Å²) >= 11 is 0. The third kappa shape index (κ3) is 3.62. The van der Waals surface area contributed by atoms with Crippen LogP contribution < -0.4 is 0 Å². The van der Waals surface area contributed by atoms with Gasteiger partial charge in [0.25, 0.3) is 0 Å². The number of fused-ring (bicyclic) bond motifs is 1. The van der Waals surface area contributed by atoms with Crippen LogP contribution in [0.15, 0.2) is 55.1 Å². The van der Waals surface area contributed by atoms with Crippen molar-refractivity contribution in [1.82, 2.24) is 0 Å². The molecule has 0 aliphatic carbocycles. The minimum atomic E-state index is -1.22. The van der Waals surface area contributed by atoms with Crippen molar-refractivity contribution in [2.45, 2.75) is 12.8 Å². The molecule has 3 aromatic rings. The van der Waals surface area contributed by atoms with Crippen molar-refractivity contribution in [3.05, 3.63) is 95.1 Å². The first kappa shape index (κ1) is 17.8. The van der Waals surface area contributed by atoms with Gasteiger partial charge in [-0.2, -0.15) is 0 Å². The molecule has 0 aliphatic rings. The number of hydrogen-bond acceptors (Lipinski definition) is 0. The minimum absolute atomic E-state index is 0.0348. The second kappa shape index (κ2) is 7.45.